The Hall–Kier alpha value is -5.19. The maximum atomic E-state index is 15.4. The van der Waals surface area contributed by atoms with Gasteiger partial charge in [-0.15, -0.1) is 0 Å². The van der Waals surface area contributed by atoms with Crippen molar-refractivity contribution in [2.75, 3.05) is 0 Å². The summed E-state index contributed by atoms with van der Waals surface area (Å²) in [5, 5.41) is 22.1. The van der Waals surface area contributed by atoms with Gasteiger partial charge in [0.1, 0.15) is 12.1 Å². The molecule has 0 bridgehead atoms. The second-order valence-corrected chi connectivity index (χ2v) is 10.5. The van der Waals surface area contributed by atoms with Gasteiger partial charge >= 0.3 is 0 Å². The number of fused-ring (bicyclic) bond motifs is 6. The molecule has 184 valence electrons. The minimum atomic E-state index is -0.791. The predicted molar refractivity (Wildman–Crippen MR) is 153 cm³/mol. The quantitative estimate of drug-likeness (QED) is 0.237. The molecule has 1 aliphatic carbocycles. The Balaban J connectivity index is 1.67. The first kappa shape index (κ1) is 23.0. The third-order valence-corrected chi connectivity index (χ3v) is 8.15. The van der Waals surface area contributed by atoms with Crippen molar-refractivity contribution in [1.82, 2.24) is 4.57 Å². The fraction of sp³-hybridized carbons (Fsp3) is 0.0857. The lowest BCUT2D eigenvalue weighted by Crippen LogP contribution is -2.15. The Bertz CT molecular complexity index is 2070. The molecule has 4 heteroatoms. The van der Waals surface area contributed by atoms with E-state index >= 15 is 4.39 Å². The molecule has 0 amide bonds. The second-order valence-electron chi connectivity index (χ2n) is 10.5. The van der Waals surface area contributed by atoms with Gasteiger partial charge in [0.05, 0.1) is 27.8 Å². The van der Waals surface area contributed by atoms with Crippen molar-refractivity contribution >= 4 is 21.8 Å². The fourth-order valence-corrected chi connectivity index (χ4v) is 6.33. The van der Waals surface area contributed by atoms with Crippen LogP contribution in [0.25, 0.3) is 49.7 Å². The zero-order valence-corrected chi connectivity index (χ0v) is 21.5. The average Bonchev–Trinajstić information content (AvgIpc) is 3.41. The van der Waals surface area contributed by atoms with E-state index in [1.807, 2.05) is 54.6 Å². The van der Waals surface area contributed by atoms with Crippen LogP contribution in [0.15, 0.2) is 97.1 Å². The van der Waals surface area contributed by atoms with Gasteiger partial charge in [0.2, 0.25) is 0 Å². The Morgan fingerprint density at radius 2 is 1.41 bits per heavy atom. The third kappa shape index (κ3) is 3.06. The van der Waals surface area contributed by atoms with E-state index in [0.29, 0.717) is 16.8 Å². The summed E-state index contributed by atoms with van der Waals surface area (Å²) >= 11 is 0. The molecular formula is C35H22FN3. The molecule has 7 rings (SSSR count). The Labute approximate surface area is 225 Å². The molecule has 0 aliphatic heterocycles. The zero-order valence-electron chi connectivity index (χ0n) is 21.5. The van der Waals surface area contributed by atoms with Gasteiger partial charge in [-0.3, -0.25) is 0 Å². The van der Waals surface area contributed by atoms with Crippen LogP contribution in [0.3, 0.4) is 0 Å². The van der Waals surface area contributed by atoms with Crippen LogP contribution in [0.1, 0.15) is 36.1 Å². The lowest BCUT2D eigenvalue weighted by atomic mass is 9.82. The van der Waals surface area contributed by atoms with Crippen molar-refractivity contribution in [3.63, 3.8) is 0 Å². The number of hydrogen-bond donors (Lipinski definition) is 0. The molecule has 0 spiro atoms. The number of para-hydroxylation sites is 1. The van der Waals surface area contributed by atoms with Crippen LogP contribution in [-0.2, 0) is 5.41 Å². The van der Waals surface area contributed by atoms with Gasteiger partial charge < -0.3 is 4.57 Å². The summed E-state index contributed by atoms with van der Waals surface area (Å²) in [6, 6.07) is 36.1. The number of rotatable bonds is 2. The van der Waals surface area contributed by atoms with Gasteiger partial charge in [-0.25, -0.2) is 4.39 Å². The lowest BCUT2D eigenvalue weighted by Gasteiger charge is -2.22. The van der Waals surface area contributed by atoms with Crippen molar-refractivity contribution in [3.8, 4) is 40.1 Å². The summed E-state index contributed by atoms with van der Waals surface area (Å²) < 4.78 is 17.5. The second kappa shape index (κ2) is 8.15. The summed E-state index contributed by atoms with van der Waals surface area (Å²) in [5.74, 6) is -0.791. The standard InChI is InChI=1S/C35H22FN3/c1-35(2)28-14-8-6-12-23(28)25-17-26-24-13-7-9-15-30(24)39(31(26)18-29(25)35)32-16-22(19-37)34(36)27(20-38)33(32)21-10-4-3-5-11-21/h3-18H,1-2H3. The highest BCUT2D eigenvalue weighted by Crippen LogP contribution is 2.51. The molecule has 0 saturated heterocycles. The highest BCUT2D eigenvalue weighted by Gasteiger charge is 2.36. The first-order chi connectivity index (χ1) is 19.0. The van der Waals surface area contributed by atoms with Crippen molar-refractivity contribution in [2.45, 2.75) is 19.3 Å². The van der Waals surface area contributed by atoms with Gasteiger partial charge in [0.15, 0.2) is 5.82 Å². The number of hydrogen-bond acceptors (Lipinski definition) is 2. The molecule has 1 heterocycles. The highest BCUT2D eigenvalue weighted by molar-refractivity contribution is 6.12. The third-order valence-electron chi connectivity index (χ3n) is 8.15. The Morgan fingerprint density at radius 1 is 0.692 bits per heavy atom. The van der Waals surface area contributed by atoms with E-state index in [1.54, 1.807) is 6.07 Å². The monoisotopic (exact) mass is 503 g/mol. The highest BCUT2D eigenvalue weighted by atomic mass is 19.1. The topological polar surface area (TPSA) is 52.5 Å². The number of nitrogens with zero attached hydrogens (tertiary/aromatic N) is 3. The largest absolute Gasteiger partial charge is 0.309 e. The van der Waals surface area contributed by atoms with Gasteiger partial charge in [-0.1, -0.05) is 86.6 Å². The first-order valence-corrected chi connectivity index (χ1v) is 12.9. The minimum Gasteiger partial charge on any atom is -0.309 e. The molecule has 0 N–H and O–H groups in total. The Kier molecular flexibility index (Phi) is 4.80. The summed E-state index contributed by atoms with van der Waals surface area (Å²) in [5.41, 5.74) is 8.14. The van der Waals surface area contributed by atoms with Crippen LogP contribution < -0.4 is 0 Å². The van der Waals surface area contributed by atoms with Crippen LogP contribution in [0, 0.1) is 28.5 Å². The molecule has 0 unspecified atom stereocenters. The van der Waals surface area contributed by atoms with E-state index in [-0.39, 0.29) is 16.5 Å². The molecule has 5 aromatic carbocycles. The van der Waals surface area contributed by atoms with Crippen LogP contribution in [0.2, 0.25) is 0 Å². The fourth-order valence-electron chi connectivity index (χ4n) is 6.33. The van der Waals surface area contributed by atoms with Gasteiger partial charge in [0.25, 0.3) is 0 Å². The molecule has 3 nitrogen and oxygen atoms in total. The lowest BCUT2D eigenvalue weighted by molar-refractivity contribution is 0.620. The van der Waals surface area contributed by atoms with Gasteiger partial charge in [-0.2, -0.15) is 10.5 Å². The van der Waals surface area contributed by atoms with Gasteiger partial charge in [0, 0.05) is 21.8 Å². The smallest absolute Gasteiger partial charge is 0.159 e. The molecule has 1 aliphatic rings. The molecule has 6 aromatic rings. The van der Waals surface area contributed by atoms with E-state index in [1.165, 1.54) is 22.3 Å². The number of halogens is 1. The molecule has 39 heavy (non-hydrogen) atoms. The zero-order chi connectivity index (χ0) is 26.9. The molecule has 0 saturated carbocycles. The number of nitriles is 2. The SMILES string of the molecule is CC1(C)c2ccccc2-c2cc3c4ccccc4n(-c4cc(C#N)c(F)c(C#N)c4-c4ccccc4)c3cc21. The number of aromatic nitrogens is 1. The van der Waals surface area contributed by atoms with Crippen molar-refractivity contribution in [3.05, 3.63) is 125 Å². The summed E-state index contributed by atoms with van der Waals surface area (Å²) in [6.07, 6.45) is 0. The maximum Gasteiger partial charge on any atom is 0.159 e. The number of benzene rings is 5. The van der Waals surface area contributed by atoms with E-state index in [4.69, 9.17) is 0 Å². The molecular weight excluding hydrogens is 481 g/mol. The molecule has 0 radical (unpaired) electrons. The van der Waals surface area contributed by atoms with E-state index < -0.39 is 5.82 Å². The van der Waals surface area contributed by atoms with Crippen LogP contribution in [0.5, 0.6) is 0 Å². The Morgan fingerprint density at radius 3 is 2.18 bits per heavy atom. The molecule has 0 fully saturated rings. The summed E-state index contributed by atoms with van der Waals surface area (Å²) in [4.78, 5) is 0. The first-order valence-electron chi connectivity index (χ1n) is 12.9. The van der Waals surface area contributed by atoms with Gasteiger partial charge in [-0.05, 0) is 52.1 Å². The minimum absolute atomic E-state index is 0.130. The predicted octanol–water partition coefficient (Wildman–Crippen LogP) is 8.64. The normalized spacial score (nSPS) is 13.2. The summed E-state index contributed by atoms with van der Waals surface area (Å²) in [6.45, 7) is 4.48. The van der Waals surface area contributed by atoms with Crippen LogP contribution in [-0.4, -0.2) is 4.57 Å². The van der Waals surface area contributed by atoms with Crippen LogP contribution >= 0.6 is 0 Å². The molecule has 0 atom stereocenters. The van der Waals surface area contributed by atoms with E-state index in [9.17, 15) is 10.5 Å². The van der Waals surface area contributed by atoms with E-state index in [0.717, 1.165) is 21.8 Å². The maximum absolute atomic E-state index is 15.4. The van der Waals surface area contributed by atoms with Crippen molar-refractivity contribution < 1.29 is 4.39 Å². The molecule has 1 aromatic heterocycles. The van der Waals surface area contributed by atoms with E-state index in [2.05, 4.69) is 66.9 Å². The average molecular weight is 504 g/mol. The van der Waals surface area contributed by atoms with Crippen molar-refractivity contribution in [2.24, 2.45) is 0 Å². The van der Waals surface area contributed by atoms with Crippen molar-refractivity contribution in [1.29, 1.82) is 10.5 Å². The summed E-state index contributed by atoms with van der Waals surface area (Å²) in [7, 11) is 0. The van der Waals surface area contributed by atoms with Crippen LogP contribution in [0.4, 0.5) is 4.39 Å².